The summed E-state index contributed by atoms with van der Waals surface area (Å²) in [4.78, 5) is 27.8. The van der Waals surface area contributed by atoms with Crippen LogP contribution < -0.4 is 5.32 Å². The smallest absolute Gasteiger partial charge is 0.407 e. The number of thiazole rings is 1. The first-order valence-electron chi connectivity index (χ1n) is 10.3. The Morgan fingerprint density at radius 2 is 1.74 bits per heavy atom. The van der Waals surface area contributed by atoms with Gasteiger partial charge in [0.15, 0.2) is 0 Å². The minimum atomic E-state index is -0.805. The molecule has 0 aliphatic rings. The summed E-state index contributed by atoms with van der Waals surface area (Å²) >= 11 is 1.54. The maximum absolute atomic E-state index is 11.7. The fraction of sp³-hybridized carbons (Fsp3) is 0.292. The molecule has 1 heterocycles. The first-order chi connectivity index (χ1) is 15.1. The molecule has 0 bridgehead atoms. The topological polar surface area (TPSA) is 88.5 Å². The molecular formula is C24H26N2O4S. The van der Waals surface area contributed by atoms with Gasteiger partial charge < -0.3 is 15.2 Å². The SMILES string of the molecule is O=C(O)CCc1ncc(-c2ccc(CCCCNC(=O)OCc3ccccc3)cc2)s1. The fourth-order valence-electron chi connectivity index (χ4n) is 3.03. The molecule has 2 N–H and O–H groups in total. The summed E-state index contributed by atoms with van der Waals surface area (Å²) in [5.41, 5.74) is 3.30. The van der Waals surface area contributed by atoms with E-state index in [4.69, 9.17) is 9.84 Å². The first-order valence-corrected chi connectivity index (χ1v) is 11.1. The quantitative estimate of drug-likeness (QED) is 0.408. The van der Waals surface area contributed by atoms with Crippen LogP contribution in [-0.4, -0.2) is 28.7 Å². The van der Waals surface area contributed by atoms with Gasteiger partial charge >= 0.3 is 12.1 Å². The van der Waals surface area contributed by atoms with Gasteiger partial charge in [-0.1, -0.05) is 54.6 Å². The number of aliphatic carboxylic acids is 1. The number of carboxylic acids is 1. The third kappa shape index (κ3) is 7.86. The van der Waals surface area contributed by atoms with Crippen LogP contribution in [0.4, 0.5) is 4.79 Å². The monoisotopic (exact) mass is 438 g/mol. The maximum Gasteiger partial charge on any atom is 0.407 e. The number of rotatable bonds is 11. The van der Waals surface area contributed by atoms with E-state index in [1.54, 1.807) is 6.20 Å². The van der Waals surface area contributed by atoms with Crippen LogP contribution in [0.25, 0.3) is 10.4 Å². The number of unbranched alkanes of at least 4 members (excludes halogenated alkanes) is 1. The van der Waals surface area contributed by atoms with Crippen molar-refractivity contribution in [1.29, 1.82) is 0 Å². The fourth-order valence-corrected chi connectivity index (χ4v) is 3.95. The molecule has 1 amide bonds. The maximum atomic E-state index is 11.7. The molecule has 0 saturated heterocycles. The van der Waals surface area contributed by atoms with E-state index in [0.717, 1.165) is 40.3 Å². The predicted octanol–water partition coefficient (Wildman–Crippen LogP) is 5.08. The molecule has 7 heteroatoms. The minimum Gasteiger partial charge on any atom is -0.481 e. The number of ether oxygens (including phenoxy) is 1. The number of hydrogen-bond acceptors (Lipinski definition) is 5. The number of nitrogens with zero attached hydrogens (tertiary/aromatic N) is 1. The van der Waals surface area contributed by atoms with Crippen molar-refractivity contribution in [2.75, 3.05) is 6.54 Å². The predicted molar refractivity (Wildman–Crippen MR) is 121 cm³/mol. The van der Waals surface area contributed by atoms with E-state index in [0.29, 0.717) is 13.0 Å². The summed E-state index contributed by atoms with van der Waals surface area (Å²) in [7, 11) is 0. The Hall–Kier alpha value is -3.19. The van der Waals surface area contributed by atoms with Crippen LogP contribution >= 0.6 is 11.3 Å². The normalized spacial score (nSPS) is 10.6. The number of carbonyl (C=O) groups is 2. The van der Waals surface area contributed by atoms with Gasteiger partial charge in [0.25, 0.3) is 0 Å². The molecule has 0 unspecified atom stereocenters. The Morgan fingerprint density at radius 1 is 0.968 bits per heavy atom. The van der Waals surface area contributed by atoms with Crippen LogP contribution in [0.3, 0.4) is 0 Å². The number of aryl methyl sites for hydroxylation is 2. The van der Waals surface area contributed by atoms with Crippen LogP contribution in [0.2, 0.25) is 0 Å². The van der Waals surface area contributed by atoms with Gasteiger partial charge in [0, 0.05) is 19.2 Å². The Balaban J connectivity index is 1.33. The van der Waals surface area contributed by atoms with Crippen molar-refractivity contribution in [3.8, 4) is 10.4 Å². The van der Waals surface area contributed by atoms with Crippen molar-refractivity contribution in [1.82, 2.24) is 10.3 Å². The van der Waals surface area contributed by atoms with Gasteiger partial charge in [-0.2, -0.15) is 0 Å². The van der Waals surface area contributed by atoms with Crippen LogP contribution in [0.1, 0.15) is 35.4 Å². The third-order valence-electron chi connectivity index (χ3n) is 4.72. The van der Waals surface area contributed by atoms with Crippen molar-refractivity contribution in [3.63, 3.8) is 0 Å². The molecule has 0 saturated carbocycles. The van der Waals surface area contributed by atoms with Crippen molar-refractivity contribution >= 4 is 23.4 Å². The van der Waals surface area contributed by atoms with Gasteiger partial charge in [-0.05, 0) is 36.0 Å². The molecular weight excluding hydrogens is 412 g/mol. The lowest BCUT2D eigenvalue weighted by molar-refractivity contribution is -0.136. The molecule has 0 aliphatic carbocycles. The zero-order chi connectivity index (χ0) is 21.9. The Labute approximate surface area is 185 Å². The lowest BCUT2D eigenvalue weighted by atomic mass is 10.1. The average molecular weight is 439 g/mol. The lowest BCUT2D eigenvalue weighted by Gasteiger charge is -2.07. The molecule has 1 aromatic heterocycles. The molecule has 3 aromatic rings. The molecule has 0 aliphatic heterocycles. The zero-order valence-electron chi connectivity index (χ0n) is 17.3. The van der Waals surface area contributed by atoms with Crippen LogP contribution in [-0.2, 0) is 29.0 Å². The molecule has 0 fully saturated rings. The van der Waals surface area contributed by atoms with Crippen LogP contribution in [0.15, 0.2) is 60.8 Å². The van der Waals surface area contributed by atoms with Crippen LogP contribution in [0.5, 0.6) is 0 Å². The van der Waals surface area contributed by atoms with Crippen molar-refractivity contribution in [2.24, 2.45) is 0 Å². The summed E-state index contributed by atoms with van der Waals surface area (Å²) in [6.45, 7) is 0.867. The van der Waals surface area contributed by atoms with Crippen LogP contribution in [0, 0.1) is 0 Å². The van der Waals surface area contributed by atoms with E-state index in [1.165, 1.54) is 16.9 Å². The average Bonchev–Trinajstić information content (AvgIpc) is 3.26. The molecule has 3 rings (SSSR count). The first kappa shape index (κ1) is 22.5. The number of alkyl carbamates (subject to hydrolysis) is 1. The van der Waals surface area contributed by atoms with Crippen molar-refractivity contribution in [3.05, 3.63) is 76.9 Å². The summed E-state index contributed by atoms with van der Waals surface area (Å²) in [5.74, 6) is -0.805. The Kier molecular flexibility index (Phi) is 8.60. The van der Waals surface area contributed by atoms with Gasteiger partial charge in [-0.25, -0.2) is 9.78 Å². The minimum absolute atomic E-state index is 0.103. The highest BCUT2D eigenvalue weighted by Gasteiger charge is 2.07. The molecule has 0 radical (unpaired) electrons. The molecule has 0 atom stereocenters. The number of nitrogens with one attached hydrogen (secondary N) is 1. The third-order valence-corrected chi connectivity index (χ3v) is 5.83. The standard InChI is InChI=1S/C24H26N2O4S/c27-23(28)14-13-22-26-16-21(31-22)20-11-9-18(10-12-20)6-4-5-15-25-24(29)30-17-19-7-2-1-3-8-19/h1-3,7-12,16H,4-6,13-15,17H2,(H,25,29)(H,27,28). The van der Waals surface area contributed by atoms with Crippen molar-refractivity contribution < 1.29 is 19.4 Å². The number of carboxylic acid groups (broad SMARTS) is 1. The Bertz CT molecular complexity index is 971. The number of benzene rings is 2. The lowest BCUT2D eigenvalue weighted by Crippen LogP contribution is -2.25. The van der Waals surface area contributed by atoms with Gasteiger partial charge in [-0.3, -0.25) is 4.79 Å². The van der Waals surface area contributed by atoms with Gasteiger partial charge in [0.1, 0.15) is 6.61 Å². The molecule has 162 valence electrons. The van der Waals surface area contributed by atoms with Gasteiger partial charge in [-0.15, -0.1) is 11.3 Å². The summed E-state index contributed by atoms with van der Waals surface area (Å²) in [5, 5.41) is 12.4. The van der Waals surface area contributed by atoms with Gasteiger partial charge in [0.2, 0.25) is 0 Å². The highest BCUT2D eigenvalue weighted by atomic mass is 32.1. The zero-order valence-corrected chi connectivity index (χ0v) is 18.1. The molecule has 2 aromatic carbocycles. The summed E-state index contributed by atoms with van der Waals surface area (Å²) in [6, 6.07) is 18.0. The van der Waals surface area contributed by atoms with E-state index < -0.39 is 5.97 Å². The number of aromatic nitrogens is 1. The number of amides is 1. The Morgan fingerprint density at radius 3 is 2.48 bits per heavy atom. The van der Waals surface area contributed by atoms with E-state index >= 15 is 0 Å². The largest absolute Gasteiger partial charge is 0.481 e. The second kappa shape index (κ2) is 11.9. The number of carbonyl (C=O) groups excluding carboxylic acids is 1. The summed E-state index contributed by atoms with van der Waals surface area (Å²) < 4.78 is 5.19. The van der Waals surface area contributed by atoms with Gasteiger partial charge in [0.05, 0.1) is 16.3 Å². The second-order valence-corrected chi connectivity index (χ2v) is 8.27. The number of hydrogen-bond donors (Lipinski definition) is 2. The van der Waals surface area contributed by atoms with E-state index in [1.807, 2.05) is 30.3 Å². The molecule has 6 nitrogen and oxygen atoms in total. The van der Waals surface area contributed by atoms with E-state index in [-0.39, 0.29) is 19.1 Å². The highest BCUT2D eigenvalue weighted by Crippen LogP contribution is 2.27. The highest BCUT2D eigenvalue weighted by molar-refractivity contribution is 7.15. The molecule has 0 spiro atoms. The van der Waals surface area contributed by atoms with Crippen molar-refractivity contribution in [2.45, 2.75) is 38.7 Å². The molecule has 31 heavy (non-hydrogen) atoms. The van der Waals surface area contributed by atoms with E-state index in [2.05, 4.69) is 34.6 Å². The summed E-state index contributed by atoms with van der Waals surface area (Å²) in [6.07, 6.45) is 4.77. The van der Waals surface area contributed by atoms with E-state index in [9.17, 15) is 9.59 Å². The second-order valence-electron chi connectivity index (χ2n) is 7.15.